The van der Waals surface area contributed by atoms with E-state index in [1.54, 1.807) is 6.26 Å². The molecule has 7 heteroatoms. The molecular weight excluding hydrogens is 302 g/mol. The fourth-order valence-corrected chi connectivity index (χ4v) is 2.31. The van der Waals surface area contributed by atoms with Crippen molar-refractivity contribution in [3.05, 3.63) is 60.5 Å². The van der Waals surface area contributed by atoms with E-state index in [1.807, 2.05) is 42.3 Å². The largest absolute Gasteiger partial charge is 0.444 e. The zero-order valence-electron chi connectivity index (χ0n) is 12.6. The molecule has 0 atom stereocenters. The molecule has 0 saturated carbocycles. The lowest BCUT2D eigenvalue weighted by Crippen LogP contribution is -2.20. The molecule has 0 N–H and O–H groups in total. The van der Waals surface area contributed by atoms with Gasteiger partial charge in [-0.1, -0.05) is 18.2 Å². The van der Waals surface area contributed by atoms with Crippen LogP contribution in [0.2, 0.25) is 0 Å². The van der Waals surface area contributed by atoms with Crippen LogP contribution >= 0.6 is 0 Å². The van der Waals surface area contributed by atoms with Crippen molar-refractivity contribution in [1.82, 2.24) is 19.4 Å². The molecular formula is C16H16F2N4O. The van der Waals surface area contributed by atoms with Crippen LogP contribution in [0.1, 0.15) is 18.1 Å². The number of aromatic nitrogens is 3. The summed E-state index contributed by atoms with van der Waals surface area (Å²) < 4.78 is 31.9. The van der Waals surface area contributed by atoms with E-state index in [9.17, 15) is 8.78 Å². The van der Waals surface area contributed by atoms with Gasteiger partial charge in [0.1, 0.15) is 12.1 Å². The van der Waals surface area contributed by atoms with Gasteiger partial charge in [0.2, 0.25) is 5.89 Å². The Morgan fingerprint density at radius 2 is 2.00 bits per heavy atom. The number of alkyl halides is 2. The number of nitrogens with zero attached hydrogens (tertiary/aromatic N) is 4. The van der Waals surface area contributed by atoms with Crippen molar-refractivity contribution in [2.75, 3.05) is 7.05 Å². The smallest absolute Gasteiger partial charge is 0.319 e. The minimum absolute atomic E-state index is 0.296. The van der Waals surface area contributed by atoms with Crippen LogP contribution < -0.4 is 0 Å². The number of oxazole rings is 1. The van der Waals surface area contributed by atoms with Gasteiger partial charge in [0.25, 0.3) is 0 Å². The van der Waals surface area contributed by atoms with Crippen LogP contribution in [0, 0.1) is 0 Å². The number of rotatable bonds is 6. The van der Waals surface area contributed by atoms with Gasteiger partial charge in [0, 0.05) is 24.5 Å². The molecule has 0 aliphatic rings. The van der Waals surface area contributed by atoms with Crippen LogP contribution in [-0.4, -0.2) is 26.5 Å². The van der Waals surface area contributed by atoms with Crippen LogP contribution in [0.15, 0.2) is 53.4 Å². The molecule has 2 heterocycles. The normalized spacial score (nSPS) is 11.5. The van der Waals surface area contributed by atoms with E-state index in [-0.39, 0.29) is 0 Å². The average molecular weight is 318 g/mol. The summed E-state index contributed by atoms with van der Waals surface area (Å²) in [6.45, 7) is -1.81. The molecule has 0 saturated heterocycles. The molecule has 0 amide bonds. The van der Waals surface area contributed by atoms with E-state index in [0.29, 0.717) is 24.8 Å². The van der Waals surface area contributed by atoms with Crippen molar-refractivity contribution in [2.24, 2.45) is 0 Å². The maximum Gasteiger partial charge on any atom is 0.319 e. The van der Waals surface area contributed by atoms with Crippen molar-refractivity contribution in [3.8, 4) is 11.5 Å². The highest BCUT2D eigenvalue weighted by molar-refractivity contribution is 5.52. The van der Waals surface area contributed by atoms with Crippen molar-refractivity contribution >= 4 is 0 Å². The van der Waals surface area contributed by atoms with Gasteiger partial charge in [-0.3, -0.25) is 9.47 Å². The number of hydrogen-bond acceptors (Lipinski definition) is 4. The average Bonchev–Trinajstić information content (AvgIpc) is 3.17. The second kappa shape index (κ2) is 6.70. The lowest BCUT2D eigenvalue weighted by Gasteiger charge is -2.15. The highest BCUT2D eigenvalue weighted by Gasteiger charge is 2.14. The number of halogens is 2. The van der Waals surface area contributed by atoms with Crippen LogP contribution in [-0.2, 0) is 13.1 Å². The molecule has 3 rings (SSSR count). The first-order valence-corrected chi connectivity index (χ1v) is 7.11. The molecule has 120 valence electrons. The van der Waals surface area contributed by atoms with Crippen molar-refractivity contribution < 1.29 is 13.2 Å². The van der Waals surface area contributed by atoms with Gasteiger partial charge in [-0.15, -0.1) is 0 Å². The first kappa shape index (κ1) is 15.4. The Balaban J connectivity index is 1.65. The quantitative estimate of drug-likeness (QED) is 0.697. The Kier molecular flexibility index (Phi) is 4.47. The Hall–Kier alpha value is -2.54. The molecule has 0 spiro atoms. The van der Waals surface area contributed by atoms with Crippen LogP contribution in [0.25, 0.3) is 11.5 Å². The second-order valence-electron chi connectivity index (χ2n) is 5.21. The zero-order valence-corrected chi connectivity index (χ0v) is 12.6. The predicted molar refractivity (Wildman–Crippen MR) is 80.6 cm³/mol. The van der Waals surface area contributed by atoms with Crippen molar-refractivity contribution in [2.45, 2.75) is 19.6 Å². The van der Waals surface area contributed by atoms with Gasteiger partial charge in [-0.05, 0) is 19.2 Å². The summed E-state index contributed by atoms with van der Waals surface area (Å²) in [6, 6.07) is 9.58. The summed E-state index contributed by atoms with van der Waals surface area (Å²) in [7, 11) is 1.82. The third-order valence-electron chi connectivity index (χ3n) is 3.37. The van der Waals surface area contributed by atoms with Gasteiger partial charge < -0.3 is 4.42 Å². The van der Waals surface area contributed by atoms with Gasteiger partial charge in [0.15, 0.2) is 0 Å². The summed E-state index contributed by atoms with van der Waals surface area (Å²) in [4.78, 5) is 10.2. The fraction of sp³-hybridized carbons (Fsp3) is 0.250. The summed E-state index contributed by atoms with van der Waals surface area (Å²) in [5.41, 5.74) is 1.64. The molecule has 2 aromatic heterocycles. The minimum atomic E-state index is -2.59. The molecule has 0 unspecified atom stereocenters. The summed E-state index contributed by atoms with van der Waals surface area (Å²) in [5.74, 6) is 0.859. The molecule has 23 heavy (non-hydrogen) atoms. The zero-order chi connectivity index (χ0) is 16.2. The summed E-state index contributed by atoms with van der Waals surface area (Å²) in [5, 5.41) is 0. The van der Waals surface area contributed by atoms with Crippen molar-refractivity contribution in [1.29, 1.82) is 0 Å². The predicted octanol–water partition coefficient (Wildman–Crippen LogP) is 3.57. The molecule has 3 aromatic rings. The number of hydrogen-bond donors (Lipinski definition) is 0. The Labute approximate surface area is 132 Å². The van der Waals surface area contributed by atoms with E-state index >= 15 is 0 Å². The maximum absolute atomic E-state index is 12.8. The SMILES string of the molecule is CN(Cc1coc(-c2ccccc2)n1)Cc1nccn1C(F)F. The Morgan fingerprint density at radius 3 is 2.74 bits per heavy atom. The molecule has 5 nitrogen and oxygen atoms in total. The second-order valence-corrected chi connectivity index (χ2v) is 5.21. The number of benzene rings is 1. The molecule has 0 aliphatic heterocycles. The lowest BCUT2D eigenvalue weighted by atomic mass is 10.2. The first-order valence-electron chi connectivity index (χ1n) is 7.11. The van der Waals surface area contributed by atoms with Crippen LogP contribution in [0.3, 0.4) is 0 Å². The fourth-order valence-electron chi connectivity index (χ4n) is 2.31. The molecule has 1 aromatic carbocycles. The molecule has 0 aliphatic carbocycles. The van der Waals surface area contributed by atoms with E-state index in [2.05, 4.69) is 9.97 Å². The Morgan fingerprint density at radius 1 is 1.22 bits per heavy atom. The standard InChI is InChI=1S/C16H16F2N4O/c1-21(10-14-19-7-8-22(14)16(17)18)9-13-11-23-15(20-13)12-5-3-2-4-6-12/h2-8,11,16H,9-10H2,1H3. The third-order valence-corrected chi connectivity index (χ3v) is 3.37. The monoisotopic (exact) mass is 318 g/mol. The molecule has 0 fully saturated rings. The van der Waals surface area contributed by atoms with Crippen LogP contribution in [0.5, 0.6) is 0 Å². The molecule has 0 radical (unpaired) electrons. The van der Waals surface area contributed by atoms with E-state index < -0.39 is 6.55 Å². The minimum Gasteiger partial charge on any atom is -0.444 e. The van der Waals surface area contributed by atoms with Crippen molar-refractivity contribution in [3.63, 3.8) is 0 Å². The highest BCUT2D eigenvalue weighted by Crippen LogP contribution is 2.19. The van der Waals surface area contributed by atoms with E-state index in [1.165, 1.54) is 12.4 Å². The summed E-state index contributed by atoms with van der Waals surface area (Å²) in [6.07, 6.45) is 4.23. The molecule has 0 bridgehead atoms. The van der Waals surface area contributed by atoms with E-state index in [4.69, 9.17) is 4.42 Å². The summed E-state index contributed by atoms with van der Waals surface area (Å²) >= 11 is 0. The first-order chi connectivity index (χ1) is 11.1. The van der Waals surface area contributed by atoms with Crippen LogP contribution in [0.4, 0.5) is 8.78 Å². The third kappa shape index (κ3) is 3.62. The van der Waals surface area contributed by atoms with Gasteiger partial charge in [0.05, 0.1) is 12.2 Å². The highest BCUT2D eigenvalue weighted by atomic mass is 19.3. The lowest BCUT2D eigenvalue weighted by molar-refractivity contribution is 0.0644. The number of imidazole rings is 1. The van der Waals surface area contributed by atoms with Gasteiger partial charge >= 0.3 is 6.55 Å². The Bertz CT molecular complexity index is 754. The topological polar surface area (TPSA) is 47.1 Å². The van der Waals surface area contributed by atoms with E-state index in [0.717, 1.165) is 15.8 Å². The van der Waals surface area contributed by atoms with Gasteiger partial charge in [-0.2, -0.15) is 8.78 Å². The van der Waals surface area contributed by atoms with Gasteiger partial charge in [-0.25, -0.2) is 9.97 Å². The maximum atomic E-state index is 12.8.